The minimum Gasteiger partial charge on any atom is -0.491 e. The van der Waals surface area contributed by atoms with Crippen LogP contribution in [0.3, 0.4) is 0 Å². The summed E-state index contributed by atoms with van der Waals surface area (Å²) < 4.78 is 53.0. The van der Waals surface area contributed by atoms with Crippen molar-refractivity contribution in [3.8, 4) is 28.7 Å². The number of ether oxygens (including phenoxy) is 3. The van der Waals surface area contributed by atoms with Crippen LogP contribution in [-0.2, 0) is 22.6 Å². The highest BCUT2D eigenvalue weighted by Gasteiger charge is 2.42. The Hall–Kier alpha value is -5.90. The molecule has 2 aromatic carbocycles. The summed E-state index contributed by atoms with van der Waals surface area (Å²) in [7, 11) is 3.32. The van der Waals surface area contributed by atoms with Crippen molar-refractivity contribution in [2.45, 2.75) is 57.5 Å². The third-order valence-corrected chi connectivity index (χ3v) is 10.6. The SMILES string of the molecule is CO[C@@H]1CN(C)C(=O)[C@@H]2CC(CN2c2cc(=O)n3c4c2cnn4-c2ccc(F)cc2OCCCC3)Oc2nccc(n2)-c2cc(F)cc3nc(C)n(c23)C1. The Labute approximate surface area is 307 Å². The first-order valence-electron chi connectivity index (χ1n) is 17.9. The molecular formula is C38H37F2N9O5. The van der Waals surface area contributed by atoms with Crippen molar-refractivity contribution in [3.05, 3.63) is 82.7 Å². The van der Waals surface area contributed by atoms with Crippen molar-refractivity contribution in [1.29, 1.82) is 0 Å². The van der Waals surface area contributed by atoms with Crippen molar-refractivity contribution in [3.63, 3.8) is 0 Å². The van der Waals surface area contributed by atoms with Crippen LogP contribution in [0.4, 0.5) is 14.5 Å². The molecule has 7 heterocycles. The highest BCUT2D eigenvalue weighted by molar-refractivity contribution is 5.95. The number of hydrogen-bond donors (Lipinski definition) is 0. The van der Waals surface area contributed by atoms with Crippen LogP contribution < -0.4 is 19.9 Å². The van der Waals surface area contributed by atoms with E-state index in [9.17, 15) is 14.0 Å². The first-order chi connectivity index (χ1) is 26.2. The van der Waals surface area contributed by atoms with Gasteiger partial charge in [-0.05, 0) is 44.0 Å². The number of nitrogens with zero attached hydrogens (tertiary/aromatic N) is 9. The molecule has 3 aliphatic rings. The average Bonchev–Trinajstić information content (AvgIpc) is 3.86. The van der Waals surface area contributed by atoms with E-state index in [0.717, 1.165) is 0 Å². The average molecular weight is 738 g/mol. The minimum atomic E-state index is -0.746. The number of hydrogen-bond acceptors (Lipinski definition) is 10. The number of imidazole rings is 1. The van der Waals surface area contributed by atoms with Gasteiger partial charge < -0.3 is 28.6 Å². The van der Waals surface area contributed by atoms with Gasteiger partial charge in [0.05, 0.1) is 59.8 Å². The Morgan fingerprint density at radius 3 is 2.67 bits per heavy atom. The van der Waals surface area contributed by atoms with Gasteiger partial charge in [-0.25, -0.2) is 23.4 Å². The second kappa shape index (κ2) is 13.2. The molecule has 4 bridgehead atoms. The van der Waals surface area contributed by atoms with E-state index < -0.39 is 29.9 Å². The fraction of sp³-hybridized carbons (Fsp3) is 0.368. The zero-order valence-electron chi connectivity index (χ0n) is 29.9. The Balaban J connectivity index is 1.18. The number of carbonyl (C=O) groups is 1. The molecule has 1 amide bonds. The standard InChI is InChI=1S/C38H37F2N9O5/c1-21-43-29-13-23(40)12-26-28-8-9-41-38(44-28)54-24-15-32(37(51)45(2)18-25(52-3)20-47(21)35(26)29)48(19-24)31-16-34(50)46-10-4-5-11-53-33-14-22(39)6-7-30(33)49-36(46)27(31)17-42-49/h6-9,12-14,16-17,24-25,32H,4-5,10-11,15,18-20H2,1-3H3/t24?,25-,32+/m1/s1. The highest BCUT2D eigenvalue weighted by Crippen LogP contribution is 2.37. The monoisotopic (exact) mass is 737 g/mol. The van der Waals surface area contributed by atoms with E-state index in [4.69, 9.17) is 24.3 Å². The van der Waals surface area contributed by atoms with Crippen LogP contribution >= 0.6 is 0 Å². The van der Waals surface area contributed by atoms with Crippen molar-refractivity contribution in [2.75, 3.05) is 38.8 Å². The fourth-order valence-corrected chi connectivity index (χ4v) is 8.03. The smallest absolute Gasteiger partial charge is 0.317 e. The Bertz CT molecular complexity index is 2520. The summed E-state index contributed by atoms with van der Waals surface area (Å²) in [5.74, 6) is -0.139. The van der Waals surface area contributed by atoms with Crippen molar-refractivity contribution < 1.29 is 27.8 Å². The maximum Gasteiger partial charge on any atom is 0.317 e. The second-order valence-electron chi connectivity index (χ2n) is 14.0. The molecule has 1 unspecified atom stereocenters. The predicted molar refractivity (Wildman–Crippen MR) is 194 cm³/mol. The molecule has 16 heteroatoms. The number of halogens is 2. The van der Waals surface area contributed by atoms with Crippen LogP contribution in [0.25, 0.3) is 39.0 Å². The van der Waals surface area contributed by atoms with E-state index in [1.807, 2.05) is 16.4 Å². The molecule has 3 aliphatic heterocycles. The van der Waals surface area contributed by atoms with Crippen LogP contribution in [0.15, 0.2) is 59.7 Å². The molecule has 0 radical (unpaired) electrons. The molecule has 0 spiro atoms. The lowest BCUT2D eigenvalue weighted by atomic mass is 10.1. The lowest BCUT2D eigenvalue weighted by Gasteiger charge is -2.31. The molecule has 9 rings (SSSR count). The molecule has 6 aromatic rings. The van der Waals surface area contributed by atoms with Crippen molar-refractivity contribution >= 4 is 33.7 Å². The number of fused-ring (bicyclic) bond motifs is 7. The van der Waals surface area contributed by atoms with Gasteiger partial charge in [0.1, 0.15) is 46.7 Å². The largest absolute Gasteiger partial charge is 0.491 e. The number of carbonyl (C=O) groups excluding carboxylic acids is 1. The highest BCUT2D eigenvalue weighted by atomic mass is 19.1. The summed E-state index contributed by atoms with van der Waals surface area (Å²) in [6.07, 6.45) is 3.76. The molecule has 0 N–H and O–H groups in total. The van der Waals surface area contributed by atoms with Gasteiger partial charge in [-0.3, -0.25) is 14.2 Å². The van der Waals surface area contributed by atoms with Gasteiger partial charge >= 0.3 is 6.01 Å². The lowest BCUT2D eigenvalue weighted by Crippen LogP contribution is -2.47. The van der Waals surface area contributed by atoms with Gasteiger partial charge in [-0.15, -0.1) is 0 Å². The van der Waals surface area contributed by atoms with Crippen LogP contribution in [0.1, 0.15) is 25.1 Å². The summed E-state index contributed by atoms with van der Waals surface area (Å²) in [5.41, 5.74) is 3.36. The van der Waals surface area contributed by atoms with Gasteiger partial charge in [0.25, 0.3) is 5.56 Å². The molecule has 1 saturated heterocycles. The van der Waals surface area contributed by atoms with Gasteiger partial charge in [-0.1, -0.05) is 0 Å². The van der Waals surface area contributed by atoms with Gasteiger partial charge in [-0.2, -0.15) is 10.1 Å². The predicted octanol–water partition coefficient (Wildman–Crippen LogP) is 4.27. The molecule has 54 heavy (non-hydrogen) atoms. The van der Waals surface area contributed by atoms with E-state index in [1.165, 1.54) is 24.3 Å². The topological polar surface area (TPSA) is 135 Å². The zero-order valence-corrected chi connectivity index (χ0v) is 29.9. The Morgan fingerprint density at radius 2 is 1.81 bits per heavy atom. The van der Waals surface area contributed by atoms with Crippen LogP contribution in [0.5, 0.6) is 11.8 Å². The second-order valence-corrected chi connectivity index (χ2v) is 14.0. The molecule has 0 saturated carbocycles. The van der Waals surface area contributed by atoms with Crippen molar-refractivity contribution in [1.82, 2.24) is 38.8 Å². The van der Waals surface area contributed by atoms with E-state index in [0.29, 0.717) is 88.8 Å². The number of pyridine rings is 1. The maximum absolute atomic E-state index is 15.0. The molecular weight excluding hydrogens is 700 g/mol. The molecule has 14 nitrogen and oxygen atoms in total. The van der Waals surface area contributed by atoms with Crippen LogP contribution in [-0.4, -0.2) is 96.8 Å². The third-order valence-electron chi connectivity index (χ3n) is 10.6. The minimum absolute atomic E-state index is 0.0652. The van der Waals surface area contributed by atoms with Crippen LogP contribution in [0.2, 0.25) is 0 Å². The van der Waals surface area contributed by atoms with Crippen LogP contribution in [0, 0.1) is 18.6 Å². The first kappa shape index (κ1) is 33.9. The summed E-state index contributed by atoms with van der Waals surface area (Å²) >= 11 is 0. The van der Waals surface area contributed by atoms with Gasteiger partial charge in [0, 0.05) is 63.6 Å². The number of anilines is 1. The van der Waals surface area contributed by atoms with Gasteiger partial charge in [0.2, 0.25) is 5.91 Å². The summed E-state index contributed by atoms with van der Waals surface area (Å²) in [4.78, 5) is 45.9. The van der Waals surface area contributed by atoms with E-state index >= 15 is 4.39 Å². The number of benzene rings is 2. The number of aromatic nitrogens is 7. The molecule has 278 valence electrons. The maximum atomic E-state index is 15.0. The summed E-state index contributed by atoms with van der Waals surface area (Å²) in [5, 5.41) is 5.33. The zero-order chi connectivity index (χ0) is 37.2. The normalized spacial score (nSPS) is 20.3. The summed E-state index contributed by atoms with van der Waals surface area (Å²) in [6.45, 7) is 3.40. The fourth-order valence-electron chi connectivity index (χ4n) is 8.03. The lowest BCUT2D eigenvalue weighted by molar-refractivity contribution is -0.132. The quantitative estimate of drug-likeness (QED) is 0.254. The molecule has 4 aromatic heterocycles. The Kier molecular flexibility index (Phi) is 8.28. The number of aryl methyl sites for hydroxylation is 2. The van der Waals surface area contributed by atoms with Gasteiger partial charge in [0.15, 0.2) is 0 Å². The number of rotatable bonds is 2. The Morgan fingerprint density at radius 1 is 0.944 bits per heavy atom. The van der Waals surface area contributed by atoms with E-state index in [1.54, 1.807) is 58.9 Å². The summed E-state index contributed by atoms with van der Waals surface area (Å²) in [6, 6.07) is 9.61. The van der Waals surface area contributed by atoms with E-state index in [2.05, 4.69) is 9.97 Å². The number of amides is 1. The third kappa shape index (κ3) is 5.71. The van der Waals surface area contributed by atoms with Crippen molar-refractivity contribution in [2.24, 2.45) is 0 Å². The number of methoxy groups -OCH3 is 1. The molecule has 0 aliphatic carbocycles. The van der Waals surface area contributed by atoms with E-state index in [-0.39, 0.29) is 37.0 Å². The molecule has 3 atom stereocenters. The first-order valence-corrected chi connectivity index (χ1v) is 17.9. The number of likely N-dealkylation sites (N-methyl/N-ethyl adjacent to an activating group) is 1. The molecule has 1 fully saturated rings.